The van der Waals surface area contributed by atoms with E-state index in [1.165, 1.54) is 51.4 Å². The Bertz CT molecular complexity index is 556. The highest BCUT2D eigenvalue weighted by Crippen LogP contribution is 2.38. The number of thioether (sulfide) groups is 1. The first-order valence-corrected chi connectivity index (χ1v) is 10.2. The van der Waals surface area contributed by atoms with Crippen LogP contribution in [0.3, 0.4) is 0 Å². The number of carbonyl (C=O) groups excluding carboxylic acids is 1. The predicted octanol–water partition coefficient (Wildman–Crippen LogP) is 3.36. The Morgan fingerprint density at radius 1 is 1.17 bits per heavy atom. The van der Waals surface area contributed by atoms with Crippen molar-refractivity contribution in [2.45, 2.75) is 69.1 Å². The van der Waals surface area contributed by atoms with E-state index in [9.17, 15) is 4.79 Å². The van der Waals surface area contributed by atoms with Crippen molar-refractivity contribution in [2.75, 3.05) is 12.3 Å². The summed E-state index contributed by atoms with van der Waals surface area (Å²) in [5, 5.41) is 4.02. The molecule has 3 fully saturated rings. The first-order valence-electron chi connectivity index (χ1n) is 9.01. The Morgan fingerprint density at radius 3 is 2.87 bits per heavy atom. The third-order valence-corrected chi connectivity index (χ3v) is 6.34. The smallest absolute Gasteiger partial charge is 0.236 e. The van der Waals surface area contributed by atoms with E-state index in [1.807, 2.05) is 0 Å². The van der Waals surface area contributed by atoms with Gasteiger partial charge in [-0.05, 0) is 44.4 Å². The Morgan fingerprint density at radius 2 is 2.00 bits per heavy atom. The number of amides is 1. The molecule has 3 aliphatic rings. The second-order valence-electron chi connectivity index (χ2n) is 7.15. The van der Waals surface area contributed by atoms with Gasteiger partial charge in [0.1, 0.15) is 0 Å². The molecule has 1 aromatic heterocycles. The number of hydrogen-bond acceptors (Lipinski definition) is 5. The van der Waals surface area contributed by atoms with Gasteiger partial charge < -0.3 is 9.42 Å². The Kier molecular flexibility index (Phi) is 4.60. The number of nitrogens with zero attached hydrogens (tertiary/aromatic N) is 3. The second kappa shape index (κ2) is 6.83. The van der Waals surface area contributed by atoms with Gasteiger partial charge in [-0.2, -0.15) is 4.98 Å². The molecule has 0 N–H and O–H groups in total. The fraction of sp³-hybridized carbons (Fsp3) is 0.824. The molecular weight excluding hydrogens is 310 g/mol. The number of likely N-dealkylation sites (tertiary alicyclic amines) is 1. The average molecular weight is 335 g/mol. The van der Waals surface area contributed by atoms with E-state index >= 15 is 0 Å². The maximum absolute atomic E-state index is 12.6. The normalized spacial score (nSPS) is 27.7. The molecule has 0 bridgehead atoms. The maximum Gasteiger partial charge on any atom is 0.236 e. The van der Waals surface area contributed by atoms with Crippen LogP contribution in [0, 0.1) is 5.92 Å². The molecule has 2 unspecified atom stereocenters. The van der Waals surface area contributed by atoms with Crippen molar-refractivity contribution in [3.8, 4) is 0 Å². The van der Waals surface area contributed by atoms with Crippen LogP contribution in [0.25, 0.3) is 0 Å². The zero-order valence-corrected chi connectivity index (χ0v) is 14.4. The molecule has 2 heterocycles. The second-order valence-corrected chi connectivity index (χ2v) is 8.14. The van der Waals surface area contributed by atoms with E-state index in [2.05, 4.69) is 15.0 Å². The van der Waals surface area contributed by atoms with Crippen LogP contribution < -0.4 is 0 Å². The van der Waals surface area contributed by atoms with Gasteiger partial charge in [-0.1, -0.05) is 18.0 Å². The largest absolute Gasteiger partial charge is 0.339 e. The van der Waals surface area contributed by atoms with Gasteiger partial charge in [0, 0.05) is 18.5 Å². The molecule has 0 aromatic carbocycles. The minimum atomic E-state index is 0.300. The maximum atomic E-state index is 12.6. The minimum absolute atomic E-state index is 0.300. The predicted molar refractivity (Wildman–Crippen MR) is 89.1 cm³/mol. The van der Waals surface area contributed by atoms with Crippen molar-refractivity contribution < 1.29 is 9.32 Å². The van der Waals surface area contributed by atoms with Gasteiger partial charge in [0.05, 0.1) is 11.5 Å². The first-order chi connectivity index (χ1) is 11.3. The highest BCUT2D eigenvalue weighted by Gasteiger charge is 2.35. The SMILES string of the molecule is O=C(CSCc1nc(C2CC2)no1)N1CCCC2CCCCC21. The molecule has 1 amide bonds. The molecule has 2 saturated carbocycles. The standard InChI is InChI=1S/C17H25N3O2S/c21-16(20-9-3-5-12-4-1-2-6-14(12)20)11-23-10-15-18-17(19-22-15)13-7-8-13/h12-14H,1-11H2. The van der Waals surface area contributed by atoms with Gasteiger partial charge in [-0.15, -0.1) is 11.8 Å². The molecule has 23 heavy (non-hydrogen) atoms. The molecule has 2 atom stereocenters. The molecule has 4 rings (SSSR count). The summed E-state index contributed by atoms with van der Waals surface area (Å²) in [7, 11) is 0. The van der Waals surface area contributed by atoms with Gasteiger partial charge in [-0.3, -0.25) is 4.79 Å². The van der Waals surface area contributed by atoms with Gasteiger partial charge >= 0.3 is 0 Å². The first kappa shape index (κ1) is 15.5. The highest BCUT2D eigenvalue weighted by atomic mass is 32.2. The van der Waals surface area contributed by atoms with Crippen LogP contribution in [0.2, 0.25) is 0 Å². The van der Waals surface area contributed by atoms with E-state index in [1.54, 1.807) is 11.8 Å². The lowest BCUT2D eigenvalue weighted by Crippen LogP contribution is -2.50. The van der Waals surface area contributed by atoms with E-state index in [4.69, 9.17) is 4.52 Å². The van der Waals surface area contributed by atoms with Crippen molar-refractivity contribution >= 4 is 17.7 Å². The van der Waals surface area contributed by atoms with E-state index < -0.39 is 0 Å². The average Bonchev–Trinajstić information content (AvgIpc) is 3.33. The summed E-state index contributed by atoms with van der Waals surface area (Å²) in [6, 6.07) is 0.510. The Labute approximate surface area is 141 Å². The monoisotopic (exact) mass is 335 g/mol. The highest BCUT2D eigenvalue weighted by molar-refractivity contribution is 7.99. The van der Waals surface area contributed by atoms with Crippen LogP contribution in [0.4, 0.5) is 0 Å². The molecule has 0 radical (unpaired) electrons. The van der Waals surface area contributed by atoms with Crippen LogP contribution in [0.15, 0.2) is 4.52 Å². The molecule has 6 heteroatoms. The van der Waals surface area contributed by atoms with Crippen LogP contribution in [-0.4, -0.2) is 39.3 Å². The van der Waals surface area contributed by atoms with Crippen molar-refractivity contribution in [1.82, 2.24) is 15.0 Å². The van der Waals surface area contributed by atoms with Crippen molar-refractivity contribution in [1.29, 1.82) is 0 Å². The topological polar surface area (TPSA) is 59.2 Å². The third-order valence-electron chi connectivity index (χ3n) is 5.44. The van der Waals surface area contributed by atoms with Gasteiger partial charge in [0.25, 0.3) is 0 Å². The summed E-state index contributed by atoms with van der Waals surface area (Å²) >= 11 is 1.61. The van der Waals surface area contributed by atoms with Crippen molar-refractivity contribution in [3.05, 3.63) is 11.7 Å². The molecule has 1 aliphatic heterocycles. The summed E-state index contributed by atoms with van der Waals surface area (Å²) in [5.41, 5.74) is 0. The van der Waals surface area contributed by atoms with E-state index in [-0.39, 0.29) is 0 Å². The molecule has 126 valence electrons. The number of hydrogen-bond donors (Lipinski definition) is 0. The third kappa shape index (κ3) is 3.57. The fourth-order valence-electron chi connectivity index (χ4n) is 4.08. The van der Waals surface area contributed by atoms with Gasteiger partial charge in [-0.25, -0.2) is 0 Å². The molecular formula is C17H25N3O2S. The van der Waals surface area contributed by atoms with Crippen LogP contribution in [0.5, 0.6) is 0 Å². The van der Waals surface area contributed by atoms with Crippen LogP contribution in [-0.2, 0) is 10.5 Å². The lowest BCUT2D eigenvalue weighted by atomic mass is 9.78. The van der Waals surface area contributed by atoms with Crippen molar-refractivity contribution in [3.63, 3.8) is 0 Å². The number of piperidine rings is 1. The Hall–Kier alpha value is -1.04. The summed E-state index contributed by atoms with van der Waals surface area (Å²) < 4.78 is 5.27. The number of carbonyl (C=O) groups is 1. The van der Waals surface area contributed by atoms with E-state index in [0.717, 1.165) is 18.3 Å². The van der Waals surface area contributed by atoms with Crippen LogP contribution in [0.1, 0.15) is 69.0 Å². The minimum Gasteiger partial charge on any atom is -0.339 e. The molecule has 1 saturated heterocycles. The lowest BCUT2D eigenvalue weighted by Gasteiger charge is -2.44. The fourth-order valence-corrected chi connectivity index (χ4v) is 4.81. The van der Waals surface area contributed by atoms with Gasteiger partial charge in [0.15, 0.2) is 5.82 Å². The quantitative estimate of drug-likeness (QED) is 0.826. The molecule has 5 nitrogen and oxygen atoms in total. The zero-order chi connectivity index (χ0) is 15.6. The number of rotatable bonds is 5. The molecule has 2 aliphatic carbocycles. The summed E-state index contributed by atoms with van der Waals surface area (Å²) in [5.74, 6) is 4.28. The lowest BCUT2D eigenvalue weighted by molar-refractivity contribution is -0.134. The summed E-state index contributed by atoms with van der Waals surface area (Å²) in [4.78, 5) is 19.2. The van der Waals surface area contributed by atoms with Crippen molar-refractivity contribution in [2.24, 2.45) is 5.92 Å². The summed E-state index contributed by atoms with van der Waals surface area (Å²) in [6.45, 7) is 0.951. The van der Waals surface area contributed by atoms with Crippen LogP contribution >= 0.6 is 11.8 Å². The Balaban J connectivity index is 1.27. The summed E-state index contributed by atoms with van der Waals surface area (Å²) in [6.07, 6.45) is 10.00. The van der Waals surface area contributed by atoms with Gasteiger partial charge in [0.2, 0.25) is 11.8 Å². The molecule has 1 aromatic rings. The molecule has 0 spiro atoms. The number of aromatic nitrogens is 2. The number of fused-ring (bicyclic) bond motifs is 1. The van der Waals surface area contributed by atoms with E-state index in [0.29, 0.717) is 35.3 Å². The zero-order valence-electron chi connectivity index (χ0n) is 13.6.